The van der Waals surface area contributed by atoms with Gasteiger partial charge >= 0.3 is 0 Å². The van der Waals surface area contributed by atoms with Crippen molar-refractivity contribution >= 4 is 38.9 Å². The highest BCUT2D eigenvalue weighted by molar-refractivity contribution is 7.92. The first-order valence-electron chi connectivity index (χ1n) is 9.57. The Hall–Kier alpha value is -2.29. The van der Waals surface area contributed by atoms with Gasteiger partial charge in [-0.15, -0.1) is 0 Å². The van der Waals surface area contributed by atoms with Crippen LogP contribution in [0.1, 0.15) is 23.7 Å². The first-order valence-corrected chi connectivity index (χ1v) is 11.4. The third-order valence-corrected chi connectivity index (χ3v) is 6.26. The molecule has 156 valence electrons. The number of piperazine rings is 1. The van der Waals surface area contributed by atoms with Crippen molar-refractivity contribution in [2.45, 2.75) is 18.2 Å². The molecule has 1 saturated heterocycles. The average Bonchev–Trinajstić information content (AvgIpc) is 2.72. The second kappa shape index (κ2) is 9.47. The van der Waals surface area contributed by atoms with Crippen molar-refractivity contribution < 1.29 is 13.2 Å². The van der Waals surface area contributed by atoms with Crippen molar-refractivity contribution in [3.8, 4) is 0 Å². The molecule has 1 fully saturated rings. The summed E-state index contributed by atoms with van der Waals surface area (Å²) in [5, 5.41) is 6.63. The van der Waals surface area contributed by atoms with E-state index in [0.29, 0.717) is 22.8 Å². The first-order chi connectivity index (χ1) is 13.9. The summed E-state index contributed by atoms with van der Waals surface area (Å²) in [5.74, 6) is -0.215. The van der Waals surface area contributed by atoms with E-state index in [1.807, 2.05) is 6.92 Å². The molecule has 9 heteroatoms. The molecule has 3 N–H and O–H groups in total. The van der Waals surface area contributed by atoms with Crippen LogP contribution in [-0.2, 0) is 10.0 Å². The Balaban J connectivity index is 1.91. The smallest absolute Gasteiger partial charge is 0.261 e. The van der Waals surface area contributed by atoms with Crippen molar-refractivity contribution in [1.82, 2.24) is 10.6 Å². The van der Waals surface area contributed by atoms with E-state index < -0.39 is 10.0 Å². The standard InChI is InChI=1S/C20H25ClN4O3S/c1-2-9-23-20(26)18-14-16(5-8-19(18)25-12-10-22-11-13-25)24-29(27,28)17-6-3-15(21)4-7-17/h3-8,14,22,24H,2,9-13H2,1H3,(H,23,26). The maximum Gasteiger partial charge on any atom is 0.261 e. The third-order valence-electron chi connectivity index (χ3n) is 4.61. The summed E-state index contributed by atoms with van der Waals surface area (Å²) in [7, 11) is -3.79. The highest BCUT2D eigenvalue weighted by atomic mass is 35.5. The minimum absolute atomic E-state index is 0.102. The molecule has 0 unspecified atom stereocenters. The van der Waals surface area contributed by atoms with E-state index in [1.165, 1.54) is 24.3 Å². The van der Waals surface area contributed by atoms with E-state index in [-0.39, 0.29) is 10.8 Å². The van der Waals surface area contributed by atoms with Crippen LogP contribution in [0.4, 0.5) is 11.4 Å². The minimum atomic E-state index is -3.79. The van der Waals surface area contributed by atoms with Crippen molar-refractivity contribution in [2.75, 3.05) is 42.3 Å². The summed E-state index contributed by atoms with van der Waals surface area (Å²) in [6, 6.07) is 11.0. The summed E-state index contributed by atoms with van der Waals surface area (Å²) in [4.78, 5) is 15.0. The van der Waals surface area contributed by atoms with Crippen molar-refractivity contribution in [3.05, 3.63) is 53.1 Å². The monoisotopic (exact) mass is 436 g/mol. The highest BCUT2D eigenvalue weighted by Crippen LogP contribution is 2.27. The number of benzene rings is 2. The number of hydrogen-bond donors (Lipinski definition) is 3. The summed E-state index contributed by atoms with van der Waals surface area (Å²) in [6.07, 6.45) is 0.817. The molecule has 1 amide bonds. The van der Waals surface area contributed by atoms with E-state index in [0.717, 1.165) is 38.3 Å². The van der Waals surface area contributed by atoms with Gasteiger partial charge in [0, 0.05) is 49.1 Å². The predicted molar refractivity (Wildman–Crippen MR) is 116 cm³/mol. The van der Waals surface area contributed by atoms with Gasteiger partial charge < -0.3 is 15.5 Å². The summed E-state index contributed by atoms with van der Waals surface area (Å²) >= 11 is 5.84. The van der Waals surface area contributed by atoms with Crippen LogP contribution in [0.3, 0.4) is 0 Å². The van der Waals surface area contributed by atoms with Crippen LogP contribution in [0, 0.1) is 0 Å². The highest BCUT2D eigenvalue weighted by Gasteiger charge is 2.21. The van der Waals surface area contributed by atoms with Gasteiger partial charge in [0.2, 0.25) is 0 Å². The average molecular weight is 437 g/mol. The Bertz CT molecular complexity index is 958. The molecule has 0 radical (unpaired) electrons. The molecular formula is C20H25ClN4O3S. The van der Waals surface area contributed by atoms with Crippen LogP contribution in [0.5, 0.6) is 0 Å². The lowest BCUT2D eigenvalue weighted by atomic mass is 10.1. The molecule has 1 aliphatic heterocycles. The number of nitrogens with one attached hydrogen (secondary N) is 3. The van der Waals surface area contributed by atoms with E-state index in [1.54, 1.807) is 18.2 Å². The Morgan fingerprint density at radius 3 is 2.48 bits per heavy atom. The first kappa shape index (κ1) is 21.4. The van der Waals surface area contributed by atoms with E-state index in [2.05, 4.69) is 20.3 Å². The number of sulfonamides is 1. The Kier molecular flexibility index (Phi) is 7.00. The molecule has 0 spiro atoms. The van der Waals surface area contributed by atoms with E-state index in [9.17, 15) is 13.2 Å². The third kappa shape index (κ3) is 5.41. The van der Waals surface area contributed by atoms with Gasteiger partial charge in [0.25, 0.3) is 15.9 Å². The zero-order chi connectivity index (χ0) is 20.9. The number of halogens is 1. The molecule has 0 bridgehead atoms. The molecule has 2 aromatic carbocycles. The Morgan fingerprint density at radius 1 is 1.14 bits per heavy atom. The van der Waals surface area contributed by atoms with Crippen molar-refractivity contribution in [1.29, 1.82) is 0 Å². The topological polar surface area (TPSA) is 90.5 Å². The number of hydrogen-bond acceptors (Lipinski definition) is 5. The number of rotatable bonds is 7. The predicted octanol–water partition coefficient (Wildman–Crippen LogP) is 2.69. The summed E-state index contributed by atoms with van der Waals surface area (Å²) < 4.78 is 27.9. The summed E-state index contributed by atoms with van der Waals surface area (Å²) in [6.45, 7) is 5.77. The molecule has 0 atom stereocenters. The minimum Gasteiger partial charge on any atom is -0.368 e. The second-order valence-electron chi connectivity index (χ2n) is 6.78. The van der Waals surface area contributed by atoms with Crippen LogP contribution in [0.2, 0.25) is 5.02 Å². The molecule has 0 aliphatic carbocycles. The lowest BCUT2D eigenvalue weighted by Gasteiger charge is -2.31. The largest absolute Gasteiger partial charge is 0.368 e. The van der Waals surface area contributed by atoms with Gasteiger partial charge in [-0.05, 0) is 48.9 Å². The Labute approximate surface area is 176 Å². The number of carbonyl (C=O) groups is 1. The van der Waals surface area contributed by atoms with Crippen molar-refractivity contribution in [3.63, 3.8) is 0 Å². The van der Waals surface area contributed by atoms with Crippen LogP contribution >= 0.6 is 11.6 Å². The number of nitrogens with zero attached hydrogens (tertiary/aromatic N) is 1. The van der Waals surface area contributed by atoms with E-state index >= 15 is 0 Å². The van der Waals surface area contributed by atoms with Crippen LogP contribution in [-0.4, -0.2) is 47.0 Å². The molecule has 0 aromatic heterocycles. The molecular weight excluding hydrogens is 412 g/mol. The van der Waals surface area contributed by atoms with Gasteiger partial charge in [-0.25, -0.2) is 8.42 Å². The zero-order valence-corrected chi connectivity index (χ0v) is 17.8. The number of carbonyl (C=O) groups excluding carboxylic acids is 1. The molecule has 0 saturated carbocycles. The molecule has 1 heterocycles. The van der Waals surface area contributed by atoms with Crippen LogP contribution in [0.25, 0.3) is 0 Å². The molecule has 7 nitrogen and oxygen atoms in total. The Morgan fingerprint density at radius 2 is 1.83 bits per heavy atom. The fourth-order valence-electron chi connectivity index (χ4n) is 3.12. The maximum atomic E-state index is 12.7. The molecule has 3 rings (SSSR count). The molecule has 1 aliphatic rings. The lowest BCUT2D eigenvalue weighted by molar-refractivity contribution is 0.0954. The van der Waals surface area contributed by atoms with Gasteiger partial charge in [0.1, 0.15) is 0 Å². The summed E-state index contributed by atoms with van der Waals surface area (Å²) in [5.41, 5.74) is 1.59. The van der Waals surface area contributed by atoms with Crippen LogP contribution in [0.15, 0.2) is 47.4 Å². The lowest BCUT2D eigenvalue weighted by Crippen LogP contribution is -2.44. The van der Waals surface area contributed by atoms with Gasteiger partial charge in [0.15, 0.2) is 0 Å². The number of amides is 1. The molecule has 29 heavy (non-hydrogen) atoms. The normalized spacial score (nSPS) is 14.5. The fourth-order valence-corrected chi connectivity index (χ4v) is 4.30. The fraction of sp³-hybridized carbons (Fsp3) is 0.350. The molecule has 2 aromatic rings. The van der Waals surface area contributed by atoms with Crippen molar-refractivity contribution in [2.24, 2.45) is 0 Å². The second-order valence-corrected chi connectivity index (χ2v) is 8.90. The van der Waals surface area contributed by atoms with Gasteiger partial charge in [-0.1, -0.05) is 18.5 Å². The SMILES string of the molecule is CCCNC(=O)c1cc(NS(=O)(=O)c2ccc(Cl)cc2)ccc1N1CCNCC1. The maximum absolute atomic E-state index is 12.7. The van der Waals surface area contributed by atoms with Gasteiger partial charge in [0.05, 0.1) is 10.5 Å². The number of anilines is 2. The van der Waals surface area contributed by atoms with Crippen LogP contribution < -0.4 is 20.3 Å². The van der Waals surface area contributed by atoms with E-state index in [4.69, 9.17) is 11.6 Å². The van der Waals surface area contributed by atoms with Gasteiger partial charge in [-0.2, -0.15) is 0 Å². The van der Waals surface area contributed by atoms with Gasteiger partial charge in [-0.3, -0.25) is 9.52 Å². The quantitative estimate of drug-likeness (QED) is 0.620. The zero-order valence-electron chi connectivity index (χ0n) is 16.2.